The molecule has 0 unspecified atom stereocenters. The molecule has 1 heterocycles. The summed E-state index contributed by atoms with van der Waals surface area (Å²) in [5, 5.41) is 0. The van der Waals surface area contributed by atoms with Crippen molar-refractivity contribution in [3.63, 3.8) is 0 Å². The van der Waals surface area contributed by atoms with Crippen molar-refractivity contribution in [3.05, 3.63) is 48.7 Å². The molecule has 0 saturated heterocycles. The predicted molar refractivity (Wildman–Crippen MR) is 60.7 cm³/mol. The lowest BCUT2D eigenvalue weighted by molar-refractivity contribution is 0.622. The van der Waals surface area contributed by atoms with Gasteiger partial charge in [-0.15, -0.1) is 4.36 Å². The highest BCUT2D eigenvalue weighted by atomic mass is 32.2. The predicted octanol–water partition coefficient (Wildman–Crippen LogP) is 2.44. The van der Waals surface area contributed by atoms with Crippen LogP contribution in [0.15, 0.2) is 53.0 Å². The summed E-state index contributed by atoms with van der Waals surface area (Å²) in [7, 11) is -2.46. The van der Waals surface area contributed by atoms with Gasteiger partial charge in [0.05, 0.1) is 0 Å². The molecule has 0 saturated carbocycles. The second kappa shape index (κ2) is 4.67. The van der Waals surface area contributed by atoms with Crippen LogP contribution in [0.4, 0.5) is 5.82 Å². The number of nitrogens with zero attached hydrogens (tertiary/aromatic N) is 2. The van der Waals surface area contributed by atoms with Gasteiger partial charge in [0.15, 0.2) is 5.82 Å². The summed E-state index contributed by atoms with van der Waals surface area (Å²) in [5.74, 6) is 0.188. The van der Waals surface area contributed by atoms with Gasteiger partial charge in [0.25, 0.3) is 0 Å². The van der Waals surface area contributed by atoms with Gasteiger partial charge >= 0.3 is 10.5 Å². The maximum Gasteiger partial charge on any atom is 0.317 e. The minimum Gasteiger partial charge on any atom is -0.235 e. The Morgan fingerprint density at radius 1 is 0.938 bits per heavy atom. The zero-order valence-corrected chi connectivity index (χ0v) is 9.05. The normalized spacial score (nSPS) is 9.75. The standard InChI is InChI=1S/C11H8N2O2S/c14-16(15)13-11-7-6-10(8-12-11)9-4-2-1-3-5-9/h1-8H. The van der Waals surface area contributed by atoms with E-state index in [1.807, 2.05) is 30.3 Å². The maximum atomic E-state index is 10.3. The number of hydrogen-bond donors (Lipinski definition) is 0. The molecule has 1 aromatic heterocycles. The monoisotopic (exact) mass is 232 g/mol. The van der Waals surface area contributed by atoms with Crippen molar-refractivity contribution < 1.29 is 8.42 Å². The summed E-state index contributed by atoms with van der Waals surface area (Å²) in [4.78, 5) is 3.94. The molecule has 80 valence electrons. The Kier molecular flexibility index (Phi) is 3.07. The third kappa shape index (κ3) is 2.52. The first-order valence-corrected chi connectivity index (χ1v) is 5.61. The van der Waals surface area contributed by atoms with Crippen molar-refractivity contribution in [1.29, 1.82) is 0 Å². The average molecular weight is 232 g/mol. The van der Waals surface area contributed by atoms with Crippen LogP contribution in [0.25, 0.3) is 11.1 Å². The number of aromatic nitrogens is 1. The molecule has 0 aliphatic rings. The molecule has 0 amide bonds. The SMILES string of the molecule is O=S(=O)=Nc1ccc(-c2ccccc2)cn1. The molecule has 2 rings (SSSR count). The van der Waals surface area contributed by atoms with Gasteiger partial charge in [-0.25, -0.2) is 4.98 Å². The first kappa shape index (κ1) is 10.5. The van der Waals surface area contributed by atoms with E-state index in [9.17, 15) is 8.42 Å². The molecule has 0 atom stereocenters. The number of pyridine rings is 1. The third-order valence-electron chi connectivity index (χ3n) is 2.02. The van der Waals surface area contributed by atoms with E-state index >= 15 is 0 Å². The summed E-state index contributed by atoms with van der Waals surface area (Å²) >= 11 is 0. The van der Waals surface area contributed by atoms with Gasteiger partial charge in [-0.05, 0) is 17.7 Å². The Labute approximate surface area is 94.3 Å². The lowest BCUT2D eigenvalue weighted by Crippen LogP contribution is -1.79. The van der Waals surface area contributed by atoms with E-state index in [1.165, 1.54) is 0 Å². The zero-order chi connectivity index (χ0) is 11.4. The molecular formula is C11H8N2O2S. The lowest BCUT2D eigenvalue weighted by atomic mass is 10.1. The van der Waals surface area contributed by atoms with Gasteiger partial charge in [0, 0.05) is 11.8 Å². The molecule has 4 nitrogen and oxygen atoms in total. The number of benzene rings is 1. The van der Waals surface area contributed by atoms with Gasteiger partial charge in [-0.1, -0.05) is 30.3 Å². The molecule has 0 radical (unpaired) electrons. The fraction of sp³-hybridized carbons (Fsp3) is 0. The summed E-state index contributed by atoms with van der Waals surface area (Å²) in [6.45, 7) is 0. The van der Waals surface area contributed by atoms with Crippen LogP contribution in [0.5, 0.6) is 0 Å². The second-order valence-electron chi connectivity index (χ2n) is 3.08. The van der Waals surface area contributed by atoms with E-state index in [1.54, 1.807) is 18.3 Å². The van der Waals surface area contributed by atoms with Gasteiger partial charge < -0.3 is 0 Å². The van der Waals surface area contributed by atoms with E-state index in [0.717, 1.165) is 11.1 Å². The average Bonchev–Trinajstić information content (AvgIpc) is 2.30. The van der Waals surface area contributed by atoms with Crippen molar-refractivity contribution in [2.24, 2.45) is 4.36 Å². The number of rotatable bonds is 2. The van der Waals surface area contributed by atoms with E-state index in [-0.39, 0.29) is 5.82 Å². The Morgan fingerprint density at radius 2 is 1.69 bits per heavy atom. The largest absolute Gasteiger partial charge is 0.317 e. The fourth-order valence-corrected chi connectivity index (χ4v) is 1.58. The summed E-state index contributed by atoms with van der Waals surface area (Å²) in [6.07, 6.45) is 1.60. The third-order valence-corrected chi connectivity index (χ3v) is 2.36. The smallest absolute Gasteiger partial charge is 0.235 e. The van der Waals surface area contributed by atoms with Crippen LogP contribution in [0.3, 0.4) is 0 Å². The van der Waals surface area contributed by atoms with Crippen LogP contribution < -0.4 is 0 Å². The van der Waals surface area contributed by atoms with Crippen LogP contribution in [0.2, 0.25) is 0 Å². The van der Waals surface area contributed by atoms with Crippen molar-refractivity contribution in [2.75, 3.05) is 0 Å². The molecule has 0 spiro atoms. The molecule has 0 aliphatic carbocycles. The van der Waals surface area contributed by atoms with Gasteiger partial charge in [0.2, 0.25) is 0 Å². The highest BCUT2D eigenvalue weighted by Crippen LogP contribution is 2.19. The topological polar surface area (TPSA) is 59.4 Å². The molecule has 0 aliphatic heterocycles. The second-order valence-corrected chi connectivity index (χ2v) is 3.70. The van der Waals surface area contributed by atoms with E-state index in [4.69, 9.17) is 0 Å². The fourth-order valence-electron chi connectivity index (χ4n) is 1.32. The molecule has 0 N–H and O–H groups in total. The van der Waals surface area contributed by atoms with Crippen LogP contribution >= 0.6 is 0 Å². The highest BCUT2D eigenvalue weighted by molar-refractivity contribution is 7.61. The van der Waals surface area contributed by atoms with E-state index < -0.39 is 10.5 Å². The van der Waals surface area contributed by atoms with Crippen molar-refractivity contribution in [1.82, 2.24) is 4.98 Å². The first-order chi connectivity index (χ1) is 7.75. The summed E-state index contributed by atoms with van der Waals surface area (Å²) in [5.41, 5.74) is 1.96. The molecular weight excluding hydrogens is 224 g/mol. The molecule has 16 heavy (non-hydrogen) atoms. The zero-order valence-electron chi connectivity index (χ0n) is 8.24. The van der Waals surface area contributed by atoms with Gasteiger partial charge in [-0.2, -0.15) is 8.42 Å². The van der Waals surface area contributed by atoms with Crippen molar-refractivity contribution in [3.8, 4) is 11.1 Å². The van der Waals surface area contributed by atoms with Crippen LogP contribution in [0.1, 0.15) is 0 Å². The Bertz CT molecular complexity index is 596. The Balaban J connectivity index is 2.37. The van der Waals surface area contributed by atoms with Crippen LogP contribution in [0, 0.1) is 0 Å². The lowest BCUT2D eigenvalue weighted by Gasteiger charge is -1.99. The minimum absolute atomic E-state index is 0.188. The quantitative estimate of drug-likeness (QED) is 0.799. The van der Waals surface area contributed by atoms with E-state index in [0.29, 0.717) is 0 Å². The molecule has 1 aromatic carbocycles. The first-order valence-electron chi connectivity index (χ1n) is 4.58. The van der Waals surface area contributed by atoms with Crippen molar-refractivity contribution >= 4 is 16.3 Å². The number of hydrogen-bond acceptors (Lipinski definition) is 4. The highest BCUT2D eigenvalue weighted by Gasteiger charge is 1.97. The molecule has 2 aromatic rings. The van der Waals surface area contributed by atoms with Gasteiger partial charge in [-0.3, -0.25) is 0 Å². The van der Waals surface area contributed by atoms with Crippen molar-refractivity contribution in [2.45, 2.75) is 0 Å². The van der Waals surface area contributed by atoms with Gasteiger partial charge in [0.1, 0.15) is 0 Å². The Hall–Kier alpha value is -2.01. The summed E-state index contributed by atoms with van der Waals surface area (Å²) in [6, 6.07) is 13.1. The molecule has 0 bridgehead atoms. The summed E-state index contributed by atoms with van der Waals surface area (Å²) < 4.78 is 23.9. The van der Waals surface area contributed by atoms with E-state index in [2.05, 4.69) is 9.35 Å². The molecule has 5 heteroatoms. The van der Waals surface area contributed by atoms with Crippen LogP contribution in [-0.4, -0.2) is 13.4 Å². The maximum absolute atomic E-state index is 10.3. The Morgan fingerprint density at radius 3 is 2.25 bits per heavy atom. The molecule has 0 fully saturated rings. The minimum atomic E-state index is -2.46. The van der Waals surface area contributed by atoms with Crippen LogP contribution in [-0.2, 0) is 10.5 Å².